The molecular weight excluding hydrogens is 162 g/mol. The number of hydrogen-bond acceptors (Lipinski definition) is 2. The van der Waals surface area contributed by atoms with Gasteiger partial charge in [0.15, 0.2) is 0 Å². The molecule has 1 aromatic carbocycles. The van der Waals surface area contributed by atoms with Crippen molar-refractivity contribution in [1.29, 1.82) is 0 Å². The van der Waals surface area contributed by atoms with Gasteiger partial charge in [-0.05, 0) is 23.9 Å². The predicted molar refractivity (Wildman–Crippen MR) is 56.3 cm³/mol. The first kappa shape index (κ1) is 9.39. The van der Waals surface area contributed by atoms with Gasteiger partial charge in [0.2, 0.25) is 0 Å². The van der Waals surface area contributed by atoms with Gasteiger partial charge in [-0.2, -0.15) is 0 Å². The molecule has 0 radical (unpaired) electrons. The van der Waals surface area contributed by atoms with Gasteiger partial charge in [-0.3, -0.25) is 0 Å². The fourth-order valence-electron chi connectivity index (χ4n) is 1.19. The van der Waals surface area contributed by atoms with Gasteiger partial charge < -0.3 is 10.5 Å². The Balaban J connectivity index is 3.28. The molecule has 2 N–H and O–H groups in total. The average molecular weight is 175 g/mol. The molecule has 0 saturated carbocycles. The SMILES string of the molecule is C=Cc1cccc(OC)c1/C=C\N. The van der Waals surface area contributed by atoms with E-state index in [4.69, 9.17) is 10.5 Å². The zero-order valence-electron chi connectivity index (χ0n) is 7.66. The predicted octanol–water partition coefficient (Wildman–Crippen LogP) is 2.27. The molecule has 0 aromatic heterocycles. The lowest BCUT2D eigenvalue weighted by atomic mass is 10.1. The maximum atomic E-state index is 5.34. The van der Waals surface area contributed by atoms with Gasteiger partial charge in [0.25, 0.3) is 0 Å². The van der Waals surface area contributed by atoms with Crippen LogP contribution in [-0.2, 0) is 0 Å². The highest BCUT2D eigenvalue weighted by molar-refractivity contribution is 5.69. The number of ether oxygens (including phenoxy) is 1. The van der Waals surface area contributed by atoms with E-state index >= 15 is 0 Å². The zero-order valence-corrected chi connectivity index (χ0v) is 7.66. The molecule has 0 fully saturated rings. The highest BCUT2D eigenvalue weighted by Gasteiger charge is 2.01. The van der Waals surface area contributed by atoms with Crippen LogP contribution in [0.15, 0.2) is 31.0 Å². The lowest BCUT2D eigenvalue weighted by Gasteiger charge is -2.07. The molecule has 0 aliphatic rings. The van der Waals surface area contributed by atoms with E-state index in [0.29, 0.717) is 0 Å². The largest absolute Gasteiger partial charge is 0.496 e. The second kappa shape index (κ2) is 4.36. The maximum Gasteiger partial charge on any atom is 0.126 e. The van der Waals surface area contributed by atoms with Crippen LogP contribution in [0.3, 0.4) is 0 Å². The summed E-state index contributed by atoms with van der Waals surface area (Å²) in [7, 11) is 1.63. The Labute approximate surface area is 78.3 Å². The van der Waals surface area contributed by atoms with E-state index in [1.807, 2.05) is 18.2 Å². The van der Waals surface area contributed by atoms with E-state index in [1.54, 1.807) is 19.3 Å². The molecule has 68 valence electrons. The number of hydrogen-bond donors (Lipinski definition) is 1. The smallest absolute Gasteiger partial charge is 0.126 e. The van der Waals surface area contributed by atoms with Gasteiger partial charge in [0.1, 0.15) is 5.75 Å². The van der Waals surface area contributed by atoms with E-state index in [9.17, 15) is 0 Å². The number of benzene rings is 1. The summed E-state index contributed by atoms with van der Waals surface area (Å²) < 4.78 is 5.19. The van der Waals surface area contributed by atoms with Crippen LogP contribution in [0.5, 0.6) is 5.75 Å². The first-order valence-electron chi connectivity index (χ1n) is 4.01. The van der Waals surface area contributed by atoms with E-state index < -0.39 is 0 Å². The molecule has 1 aromatic rings. The minimum atomic E-state index is 0.805. The lowest BCUT2D eigenvalue weighted by molar-refractivity contribution is 0.414. The average Bonchev–Trinajstić information content (AvgIpc) is 2.18. The first-order valence-corrected chi connectivity index (χ1v) is 4.01. The molecule has 0 aliphatic carbocycles. The molecule has 2 heteroatoms. The van der Waals surface area contributed by atoms with Crippen molar-refractivity contribution in [2.75, 3.05) is 7.11 Å². The van der Waals surface area contributed by atoms with E-state index in [0.717, 1.165) is 16.9 Å². The summed E-state index contributed by atoms with van der Waals surface area (Å²) in [4.78, 5) is 0. The van der Waals surface area contributed by atoms with Crippen molar-refractivity contribution in [2.24, 2.45) is 5.73 Å². The summed E-state index contributed by atoms with van der Waals surface area (Å²) in [5.41, 5.74) is 7.31. The van der Waals surface area contributed by atoms with Crippen LogP contribution >= 0.6 is 0 Å². The first-order chi connectivity index (χ1) is 6.33. The number of nitrogens with two attached hydrogens (primary N) is 1. The molecule has 13 heavy (non-hydrogen) atoms. The van der Waals surface area contributed by atoms with Gasteiger partial charge >= 0.3 is 0 Å². The fourth-order valence-corrected chi connectivity index (χ4v) is 1.19. The third-order valence-corrected chi connectivity index (χ3v) is 1.80. The molecule has 0 amide bonds. The van der Waals surface area contributed by atoms with Crippen molar-refractivity contribution in [3.8, 4) is 5.75 Å². The molecular formula is C11H13NO. The summed E-state index contributed by atoms with van der Waals surface area (Å²) in [6, 6.07) is 5.77. The van der Waals surface area contributed by atoms with E-state index in [-0.39, 0.29) is 0 Å². The molecule has 1 rings (SSSR count). The summed E-state index contributed by atoms with van der Waals surface area (Å²) in [5, 5.41) is 0. The quantitative estimate of drug-likeness (QED) is 0.764. The second-order valence-corrected chi connectivity index (χ2v) is 2.53. The zero-order chi connectivity index (χ0) is 9.68. The third-order valence-electron chi connectivity index (χ3n) is 1.80. The second-order valence-electron chi connectivity index (χ2n) is 2.53. The number of methoxy groups -OCH3 is 1. The molecule has 0 bridgehead atoms. The van der Waals surface area contributed by atoms with Crippen LogP contribution in [0, 0.1) is 0 Å². The van der Waals surface area contributed by atoms with Crippen LogP contribution < -0.4 is 10.5 Å². The van der Waals surface area contributed by atoms with Crippen LogP contribution in [-0.4, -0.2) is 7.11 Å². The van der Waals surface area contributed by atoms with Crippen LogP contribution in [0.1, 0.15) is 11.1 Å². The highest BCUT2D eigenvalue weighted by Crippen LogP contribution is 2.24. The topological polar surface area (TPSA) is 35.2 Å². The van der Waals surface area contributed by atoms with Crippen LogP contribution in [0.4, 0.5) is 0 Å². The Hall–Kier alpha value is -1.70. The van der Waals surface area contributed by atoms with E-state index in [1.165, 1.54) is 6.20 Å². The Kier molecular flexibility index (Phi) is 3.15. The molecule has 0 aliphatic heterocycles. The Bertz CT molecular complexity index is 329. The molecule has 2 nitrogen and oxygen atoms in total. The molecule has 0 spiro atoms. The van der Waals surface area contributed by atoms with E-state index in [2.05, 4.69) is 6.58 Å². The summed E-state index contributed by atoms with van der Waals surface area (Å²) in [5.74, 6) is 0.805. The molecule has 0 saturated heterocycles. The van der Waals surface area contributed by atoms with Gasteiger partial charge in [-0.1, -0.05) is 24.8 Å². The number of rotatable bonds is 3. The Morgan fingerprint density at radius 1 is 1.46 bits per heavy atom. The normalized spacial score (nSPS) is 10.2. The third kappa shape index (κ3) is 1.90. The van der Waals surface area contributed by atoms with Gasteiger partial charge in [0.05, 0.1) is 7.11 Å². The summed E-state index contributed by atoms with van der Waals surface area (Å²) in [6.07, 6.45) is 5.07. The molecule has 0 heterocycles. The van der Waals surface area contributed by atoms with Gasteiger partial charge in [0, 0.05) is 5.56 Å². The minimum Gasteiger partial charge on any atom is -0.496 e. The van der Waals surface area contributed by atoms with Crippen molar-refractivity contribution < 1.29 is 4.74 Å². The van der Waals surface area contributed by atoms with Crippen molar-refractivity contribution >= 4 is 12.2 Å². The fraction of sp³-hybridized carbons (Fsp3) is 0.0909. The van der Waals surface area contributed by atoms with Crippen LogP contribution in [0.25, 0.3) is 12.2 Å². The summed E-state index contributed by atoms with van der Waals surface area (Å²) >= 11 is 0. The van der Waals surface area contributed by atoms with Crippen molar-refractivity contribution in [3.63, 3.8) is 0 Å². The molecule has 0 atom stereocenters. The van der Waals surface area contributed by atoms with Gasteiger partial charge in [-0.15, -0.1) is 0 Å². The minimum absolute atomic E-state index is 0.805. The van der Waals surface area contributed by atoms with Crippen LogP contribution in [0.2, 0.25) is 0 Å². The Morgan fingerprint density at radius 2 is 2.23 bits per heavy atom. The maximum absolute atomic E-state index is 5.34. The van der Waals surface area contributed by atoms with Crippen molar-refractivity contribution in [1.82, 2.24) is 0 Å². The standard InChI is InChI=1S/C11H13NO/c1-3-9-5-4-6-11(13-2)10(9)7-8-12/h3-8H,1,12H2,2H3/b8-7-. The van der Waals surface area contributed by atoms with Crippen molar-refractivity contribution in [3.05, 3.63) is 42.1 Å². The highest BCUT2D eigenvalue weighted by atomic mass is 16.5. The van der Waals surface area contributed by atoms with Crippen molar-refractivity contribution in [2.45, 2.75) is 0 Å². The lowest BCUT2D eigenvalue weighted by Crippen LogP contribution is -1.90. The van der Waals surface area contributed by atoms with Gasteiger partial charge in [-0.25, -0.2) is 0 Å². The summed E-state index contributed by atoms with van der Waals surface area (Å²) in [6.45, 7) is 3.72. The monoisotopic (exact) mass is 175 g/mol. The molecule has 0 unspecified atom stereocenters. The Morgan fingerprint density at radius 3 is 2.77 bits per heavy atom.